The van der Waals surface area contributed by atoms with Gasteiger partial charge in [-0.2, -0.15) is 5.10 Å². The van der Waals surface area contributed by atoms with E-state index in [1.54, 1.807) is 11.3 Å². The first-order valence-corrected chi connectivity index (χ1v) is 12.1. The Morgan fingerprint density at radius 2 is 2.07 bits per heavy atom. The maximum absolute atomic E-state index is 13.3. The van der Waals surface area contributed by atoms with Crippen LogP contribution in [0.1, 0.15) is 58.6 Å². The highest BCUT2D eigenvalue weighted by Crippen LogP contribution is 2.39. The minimum Gasteiger partial charge on any atom is -0.330 e. The summed E-state index contributed by atoms with van der Waals surface area (Å²) in [6.45, 7) is 10.3. The molecule has 29 heavy (non-hydrogen) atoms. The number of aryl methyl sites for hydroxylation is 1. The fourth-order valence-corrected chi connectivity index (χ4v) is 6.09. The monoisotopic (exact) mass is 427 g/mol. The average Bonchev–Trinajstić information content (AvgIpc) is 3.41. The minimum atomic E-state index is 0.0726. The van der Waals surface area contributed by atoms with Crippen LogP contribution in [-0.2, 0) is 24.2 Å². The van der Waals surface area contributed by atoms with E-state index in [4.69, 9.17) is 5.10 Å². The number of hydrogen-bond donors (Lipinski definition) is 0. The van der Waals surface area contributed by atoms with Crippen molar-refractivity contribution < 1.29 is 4.79 Å². The van der Waals surface area contributed by atoms with Crippen molar-refractivity contribution in [2.45, 2.75) is 59.5 Å². The average molecular weight is 428 g/mol. The molecule has 0 spiro atoms. The molecule has 0 unspecified atom stereocenters. The van der Waals surface area contributed by atoms with Gasteiger partial charge < -0.3 is 4.90 Å². The minimum absolute atomic E-state index is 0.0726. The number of thiophene rings is 2. The van der Waals surface area contributed by atoms with Crippen molar-refractivity contribution in [1.82, 2.24) is 14.7 Å². The lowest BCUT2D eigenvalue weighted by molar-refractivity contribution is -0.133. The van der Waals surface area contributed by atoms with E-state index < -0.39 is 0 Å². The van der Waals surface area contributed by atoms with Crippen LogP contribution in [0.25, 0.3) is 0 Å². The van der Waals surface area contributed by atoms with Crippen molar-refractivity contribution in [2.75, 3.05) is 6.54 Å². The summed E-state index contributed by atoms with van der Waals surface area (Å²) in [4.78, 5) is 18.1. The van der Waals surface area contributed by atoms with Gasteiger partial charge in [0.15, 0.2) is 0 Å². The van der Waals surface area contributed by atoms with E-state index in [1.165, 1.54) is 26.6 Å². The molecule has 1 aliphatic heterocycles. The lowest BCUT2D eigenvalue weighted by atomic mass is 9.97. The first kappa shape index (κ1) is 20.4. The maximum atomic E-state index is 13.3. The molecule has 1 amide bonds. The molecule has 4 nitrogen and oxygen atoms in total. The summed E-state index contributed by atoms with van der Waals surface area (Å²) in [5, 5.41) is 8.98. The van der Waals surface area contributed by atoms with Crippen molar-refractivity contribution in [2.24, 2.45) is 5.92 Å². The predicted octanol–water partition coefficient (Wildman–Crippen LogP) is 5.39. The number of hydrogen-bond acceptors (Lipinski definition) is 4. The highest BCUT2D eigenvalue weighted by atomic mass is 32.1. The molecule has 6 heteroatoms. The lowest BCUT2D eigenvalue weighted by Gasteiger charge is -2.35. The van der Waals surface area contributed by atoms with Gasteiger partial charge in [-0.1, -0.05) is 19.9 Å². The van der Waals surface area contributed by atoms with Gasteiger partial charge in [-0.05, 0) is 66.6 Å². The van der Waals surface area contributed by atoms with E-state index >= 15 is 0 Å². The summed E-state index contributed by atoms with van der Waals surface area (Å²) >= 11 is 3.56. The zero-order chi connectivity index (χ0) is 20.5. The standard InChI is InChI=1S/C23H29N3OS2/c1-15(2)14-26-17(4)18(16(3)24-26)7-8-22(27)25-11-9-20-19(10-13-29-20)23(25)21-6-5-12-28-21/h5-6,10,12-13,15,23H,7-9,11,14H2,1-4H3/t23-/m0/s1. The second-order valence-corrected chi connectivity index (χ2v) is 10.3. The van der Waals surface area contributed by atoms with Gasteiger partial charge >= 0.3 is 0 Å². The number of nitrogens with zero attached hydrogens (tertiary/aromatic N) is 3. The zero-order valence-corrected chi connectivity index (χ0v) is 19.3. The van der Waals surface area contributed by atoms with Crippen molar-refractivity contribution in [1.29, 1.82) is 0 Å². The molecule has 0 saturated heterocycles. The summed E-state index contributed by atoms with van der Waals surface area (Å²) in [5.74, 6) is 0.804. The van der Waals surface area contributed by atoms with Crippen LogP contribution >= 0.6 is 22.7 Å². The Morgan fingerprint density at radius 1 is 1.24 bits per heavy atom. The SMILES string of the molecule is Cc1nn(CC(C)C)c(C)c1CCC(=O)N1CCc2sccc2[C@H]1c1cccs1. The van der Waals surface area contributed by atoms with Crippen LogP contribution in [0.15, 0.2) is 29.0 Å². The van der Waals surface area contributed by atoms with Gasteiger partial charge in [0.1, 0.15) is 0 Å². The van der Waals surface area contributed by atoms with Gasteiger partial charge in [0, 0.05) is 35.0 Å². The number of carbonyl (C=O) groups excluding carboxylic acids is 1. The Balaban J connectivity index is 1.52. The van der Waals surface area contributed by atoms with Crippen molar-refractivity contribution in [3.8, 4) is 0 Å². The molecule has 154 valence electrons. The second-order valence-electron chi connectivity index (χ2n) is 8.28. The van der Waals surface area contributed by atoms with E-state index in [2.05, 4.69) is 66.2 Å². The molecule has 1 aliphatic rings. The highest BCUT2D eigenvalue weighted by Gasteiger charge is 2.33. The topological polar surface area (TPSA) is 38.1 Å². The van der Waals surface area contributed by atoms with Gasteiger partial charge in [0.05, 0.1) is 11.7 Å². The van der Waals surface area contributed by atoms with Crippen molar-refractivity contribution >= 4 is 28.6 Å². The highest BCUT2D eigenvalue weighted by molar-refractivity contribution is 7.10. The molecule has 0 bridgehead atoms. The number of amides is 1. The quantitative estimate of drug-likeness (QED) is 0.529. The first-order valence-electron chi connectivity index (χ1n) is 10.4. The molecule has 0 aliphatic carbocycles. The Hall–Kier alpha value is -1.92. The van der Waals surface area contributed by atoms with Crippen LogP contribution < -0.4 is 0 Å². The summed E-state index contributed by atoms with van der Waals surface area (Å²) < 4.78 is 2.10. The van der Waals surface area contributed by atoms with Crippen LogP contribution in [0.5, 0.6) is 0 Å². The normalized spacial score (nSPS) is 16.4. The smallest absolute Gasteiger partial charge is 0.223 e. The van der Waals surface area contributed by atoms with E-state index in [-0.39, 0.29) is 11.9 Å². The third-order valence-electron chi connectivity index (χ3n) is 5.76. The molecule has 0 saturated carbocycles. The summed E-state index contributed by atoms with van der Waals surface area (Å²) in [7, 11) is 0. The number of fused-ring (bicyclic) bond motifs is 1. The van der Waals surface area contributed by atoms with E-state index in [1.807, 2.05) is 11.3 Å². The second kappa shape index (κ2) is 8.44. The van der Waals surface area contributed by atoms with E-state index in [0.717, 1.165) is 31.6 Å². The van der Waals surface area contributed by atoms with E-state index in [0.29, 0.717) is 12.3 Å². The summed E-state index contributed by atoms with van der Waals surface area (Å²) in [6.07, 6.45) is 2.26. The van der Waals surface area contributed by atoms with Gasteiger partial charge in [-0.3, -0.25) is 9.48 Å². The van der Waals surface area contributed by atoms with Gasteiger partial charge in [-0.25, -0.2) is 0 Å². The van der Waals surface area contributed by atoms with Gasteiger partial charge in [0.25, 0.3) is 0 Å². The van der Waals surface area contributed by atoms with Crippen LogP contribution in [0, 0.1) is 19.8 Å². The van der Waals surface area contributed by atoms with Crippen LogP contribution in [-0.4, -0.2) is 27.1 Å². The summed E-state index contributed by atoms with van der Waals surface area (Å²) in [5.41, 5.74) is 4.82. The Kier molecular flexibility index (Phi) is 5.93. The van der Waals surface area contributed by atoms with Gasteiger partial charge in [0.2, 0.25) is 5.91 Å². The Labute approximate surface area is 181 Å². The van der Waals surface area contributed by atoms with Crippen LogP contribution in [0.4, 0.5) is 0 Å². The molecule has 3 aromatic heterocycles. The molecule has 0 N–H and O–H groups in total. The fourth-order valence-electron chi connectivity index (χ4n) is 4.33. The molecule has 0 aromatic carbocycles. The zero-order valence-electron chi connectivity index (χ0n) is 17.6. The Bertz CT molecular complexity index is 984. The molecular weight excluding hydrogens is 398 g/mol. The fraction of sp³-hybridized carbons (Fsp3) is 0.478. The van der Waals surface area contributed by atoms with E-state index in [9.17, 15) is 4.79 Å². The third-order valence-corrected chi connectivity index (χ3v) is 7.68. The van der Waals surface area contributed by atoms with Crippen molar-refractivity contribution in [3.63, 3.8) is 0 Å². The molecular formula is C23H29N3OS2. The van der Waals surface area contributed by atoms with Gasteiger partial charge in [-0.15, -0.1) is 22.7 Å². The lowest BCUT2D eigenvalue weighted by Crippen LogP contribution is -2.39. The maximum Gasteiger partial charge on any atom is 0.223 e. The number of carbonyl (C=O) groups is 1. The molecule has 0 fully saturated rings. The molecule has 1 atom stereocenters. The molecule has 3 aromatic rings. The first-order chi connectivity index (χ1) is 14.0. The largest absolute Gasteiger partial charge is 0.330 e. The molecule has 4 rings (SSSR count). The van der Waals surface area contributed by atoms with Crippen molar-refractivity contribution in [3.05, 3.63) is 61.2 Å². The van der Waals surface area contributed by atoms with Crippen LogP contribution in [0.2, 0.25) is 0 Å². The predicted molar refractivity (Wildman–Crippen MR) is 121 cm³/mol. The Morgan fingerprint density at radius 3 is 2.79 bits per heavy atom. The molecule has 0 radical (unpaired) electrons. The van der Waals surface area contributed by atoms with Crippen LogP contribution in [0.3, 0.4) is 0 Å². The molecule has 4 heterocycles. The number of rotatable bonds is 6. The number of aromatic nitrogens is 2. The third kappa shape index (κ3) is 4.05. The summed E-state index contributed by atoms with van der Waals surface area (Å²) in [6, 6.07) is 6.52.